The third-order valence-electron chi connectivity index (χ3n) is 4.44. The molecule has 6 heteroatoms. The van der Waals surface area contributed by atoms with Crippen LogP contribution in [0.2, 0.25) is 0 Å². The van der Waals surface area contributed by atoms with Crippen LogP contribution in [0.3, 0.4) is 0 Å². The molecule has 1 saturated heterocycles. The third-order valence-corrected chi connectivity index (χ3v) is 4.44. The van der Waals surface area contributed by atoms with Gasteiger partial charge >= 0.3 is 5.97 Å². The van der Waals surface area contributed by atoms with Crippen molar-refractivity contribution in [1.29, 1.82) is 0 Å². The highest BCUT2D eigenvalue weighted by Gasteiger charge is 2.32. The first kappa shape index (κ1) is 18.3. The fraction of sp³-hybridized carbons (Fsp3) is 0.556. The average Bonchev–Trinajstić information content (AvgIpc) is 2.55. The summed E-state index contributed by atoms with van der Waals surface area (Å²) in [6.07, 6.45) is 1.92. The molecule has 1 aliphatic rings. The number of carbonyl (C=O) groups excluding carboxylic acids is 1. The zero-order valence-corrected chi connectivity index (χ0v) is 14.2. The van der Waals surface area contributed by atoms with Crippen LogP contribution >= 0.6 is 0 Å². The van der Waals surface area contributed by atoms with E-state index in [0.29, 0.717) is 30.9 Å². The van der Waals surface area contributed by atoms with Gasteiger partial charge in [0.2, 0.25) is 5.91 Å². The maximum absolute atomic E-state index is 12.5. The van der Waals surface area contributed by atoms with Crippen molar-refractivity contribution in [3.05, 3.63) is 29.8 Å². The van der Waals surface area contributed by atoms with Gasteiger partial charge in [-0.05, 0) is 43.4 Å². The summed E-state index contributed by atoms with van der Waals surface area (Å²) in [6, 6.07) is 7.14. The van der Waals surface area contributed by atoms with E-state index in [2.05, 4.69) is 5.32 Å². The summed E-state index contributed by atoms with van der Waals surface area (Å²) < 4.78 is 10.5. The Balaban J connectivity index is 2.13. The van der Waals surface area contributed by atoms with Crippen LogP contribution in [-0.4, -0.2) is 37.3 Å². The van der Waals surface area contributed by atoms with Crippen LogP contribution in [0.4, 0.5) is 0 Å². The van der Waals surface area contributed by atoms with Crippen molar-refractivity contribution in [2.24, 2.45) is 5.92 Å². The number of hydrogen-bond donors (Lipinski definition) is 2. The Labute approximate surface area is 142 Å². The van der Waals surface area contributed by atoms with Gasteiger partial charge in [0.25, 0.3) is 0 Å². The standard InChI is InChI=1S/C18H25NO5/c1-18(12-17(21)22,14-4-3-5-15(11-14)23-2)19-16(20)10-13-6-8-24-9-7-13/h3-5,11,13H,6-10,12H2,1-2H3,(H,19,20)(H,21,22). The number of carbonyl (C=O) groups is 2. The minimum absolute atomic E-state index is 0.131. The van der Waals surface area contributed by atoms with E-state index in [4.69, 9.17) is 9.47 Å². The molecule has 0 radical (unpaired) electrons. The predicted molar refractivity (Wildman–Crippen MR) is 88.9 cm³/mol. The summed E-state index contributed by atoms with van der Waals surface area (Å²) >= 11 is 0. The lowest BCUT2D eigenvalue weighted by Crippen LogP contribution is -2.45. The Morgan fingerprint density at radius 1 is 1.38 bits per heavy atom. The van der Waals surface area contributed by atoms with E-state index in [-0.39, 0.29) is 18.2 Å². The Morgan fingerprint density at radius 2 is 2.08 bits per heavy atom. The van der Waals surface area contributed by atoms with Crippen LogP contribution < -0.4 is 10.1 Å². The van der Waals surface area contributed by atoms with Gasteiger partial charge in [0.15, 0.2) is 0 Å². The van der Waals surface area contributed by atoms with Crippen molar-refractivity contribution in [2.45, 2.75) is 38.1 Å². The van der Waals surface area contributed by atoms with Gasteiger partial charge in [0.1, 0.15) is 5.75 Å². The highest BCUT2D eigenvalue weighted by Crippen LogP contribution is 2.29. The quantitative estimate of drug-likeness (QED) is 0.799. The van der Waals surface area contributed by atoms with E-state index >= 15 is 0 Å². The van der Waals surface area contributed by atoms with Crippen LogP contribution in [0.1, 0.15) is 38.2 Å². The molecule has 2 rings (SSSR count). The summed E-state index contributed by atoms with van der Waals surface area (Å²) in [5.41, 5.74) is -0.271. The fourth-order valence-corrected chi connectivity index (χ4v) is 3.06. The summed E-state index contributed by atoms with van der Waals surface area (Å²) in [5.74, 6) is -0.180. The molecule has 0 aliphatic carbocycles. The van der Waals surface area contributed by atoms with Gasteiger partial charge in [-0.2, -0.15) is 0 Å². The fourth-order valence-electron chi connectivity index (χ4n) is 3.06. The summed E-state index contributed by atoms with van der Waals surface area (Å²) in [7, 11) is 1.55. The first-order chi connectivity index (χ1) is 11.4. The first-order valence-electron chi connectivity index (χ1n) is 8.18. The Kier molecular flexibility index (Phi) is 6.20. The number of benzene rings is 1. The largest absolute Gasteiger partial charge is 0.497 e. The van der Waals surface area contributed by atoms with E-state index in [0.717, 1.165) is 12.8 Å². The molecule has 132 valence electrons. The van der Waals surface area contributed by atoms with Gasteiger partial charge < -0.3 is 19.9 Å². The van der Waals surface area contributed by atoms with Crippen molar-refractivity contribution in [3.63, 3.8) is 0 Å². The minimum atomic E-state index is -0.984. The summed E-state index contributed by atoms with van der Waals surface area (Å²) in [6.45, 7) is 3.10. The van der Waals surface area contributed by atoms with Gasteiger partial charge in [0.05, 0.1) is 19.1 Å². The van der Waals surface area contributed by atoms with Crippen LogP contribution in [-0.2, 0) is 19.9 Å². The molecule has 0 spiro atoms. The summed E-state index contributed by atoms with van der Waals surface area (Å²) in [5, 5.41) is 12.2. The second-order valence-electron chi connectivity index (χ2n) is 6.44. The number of methoxy groups -OCH3 is 1. The smallest absolute Gasteiger partial charge is 0.306 e. The molecule has 1 heterocycles. The molecular weight excluding hydrogens is 310 g/mol. The number of amides is 1. The van der Waals surface area contributed by atoms with Crippen molar-refractivity contribution >= 4 is 11.9 Å². The molecular formula is C18H25NO5. The van der Waals surface area contributed by atoms with Gasteiger partial charge in [-0.3, -0.25) is 9.59 Å². The zero-order valence-electron chi connectivity index (χ0n) is 14.2. The highest BCUT2D eigenvalue weighted by molar-refractivity contribution is 5.79. The van der Waals surface area contributed by atoms with Crippen LogP contribution in [0.25, 0.3) is 0 Å². The van der Waals surface area contributed by atoms with E-state index in [1.54, 1.807) is 38.3 Å². The van der Waals surface area contributed by atoms with E-state index < -0.39 is 11.5 Å². The number of carboxylic acid groups (broad SMARTS) is 1. The lowest BCUT2D eigenvalue weighted by Gasteiger charge is -2.31. The van der Waals surface area contributed by atoms with Crippen molar-refractivity contribution in [3.8, 4) is 5.75 Å². The molecule has 1 atom stereocenters. The minimum Gasteiger partial charge on any atom is -0.497 e. The molecule has 1 aromatic carbocycles. The number of rotatable bonds is 7. The van der Waals surface area contributed by atoms with Gasteiger partial charge in [-0.25, -0.2) is 0 Å². The van der Waals surface area contributed by atoms with E-state index in [9.17, 15) is 14.7 Å². The van der Waals surface area contributed by atoms with Crippen LogP contribution in [0, 0.1) is 5.92 Å². The molecule has 1 aromatic rings. The van der Waals surface area contributed by atoms with Crippen molar-refractivity contribution in [1.82, 2.24) is 5.32 Å². The number of nitrogens with one attached hydrogen (secondary N) is 1. The number of ether oxygens (including phenoxy) is 2. The van der Waals surface area contributed by atoms with Crippen LogP contribution in [0.5, 0.6) is 5.75 Å². The Hall–Kier alpha value is -2.08. The molecule has 1 fully saturated rings. The third kappa shape index (κ3) is 4.96. The topological polar surface area (TPSA) is 84.9 Å². The van der Waals surface area contributed by atoms with Gasteiger partial charge in [-0.1, -0.05) is 12.1 Å². The Morgan fingerprint density at radius 3 is 2.71 bits per heavy atom. The number of aliphatic carboxylic acids is 1. The maximum Gasteiger partial charge on any atom is 0.306 e. The normalized spacial score (nSPS) is 17.8. The molecule has 0 aromatic heterocycles. The molecule has 1 aliphatic heterocycles. The van der Waals surface area contributed by atoms with Crippen LogP contribution in [0.15, 0.2) is 24.3 Å². The average molecular weight is 335 g/mol. The van der Waals surface area contributed by atoms with Gasteiger partial charge in [-0.15, -0.1) is 0 Å². The van der Waals surface area contributed by atoms with E-state index in [1.165, 1.54) is 0 Å². The molecule has 1 unspecified atom stereocenters. The highest BCUT2D eigenvalue weighted by atomic mass is 16.5. The van der Waals surface area contributed by atoms with Crippen molar-refractivity contribution in [2.75, 3.05) is 20.3 Å². The monoisotopic (exact) mass is 335 g/mol. The number of hydrogen-bond acceptors (Lipinski definition) is 4. The lowest BCUT2D eigenvalue weighted by atomic mass is 9.87. The second kappa shape index (κ2) is 8.15. The molecule has 1 amide bonds. The summed E-state index contributed by atoms with van der Waals surface area (Å²) in [4.78, 5) is 23.8. The maximum atomic E-state index is 12.5. The predicted octanol–water partition coefficient (Wildman–Crippen LogP) is 2.32. The molecule has 2 N–H and O–H groups in total. The molecule has 0 saturated carbocycles. The molecule has 0 bridgehead atoms. The lowest BCUT2D eigenvalue weighted by molar-refractivity contribution is -0.139. The first-order valence-corrected chi connectivity index (χ1v) is 8.18. The molecule has 6 nitrogen and oxygen atoms in total. The molecule has 24 heavy (non-hydrogen) atoms. The second-order valence-corrected chi connectivity index (χ2v) is 6.44. The zero-order chi connectivity index (χ0) is 17.6. The Bertz CT molecular complexity index is 583. The van der Waals surface area contributed by atoms with E-state index in [1.807, 2.05) is 0 Å². The van der Waals surface area contributed by atoms with Gasteiger partial charge in [0, 0.05) is 19.6 Å². The SMILES string of the molecule is COc1cccc(C(C)(CC(=O)O)NC(=O)CC2CCOCC2)c1. The van der Waals surface area contributed by atoms with Crippen molar-refractivity contribution < 1.29 is 24.2 Å². The number of carboxylic acids is 1.